The van der Waals surface area contributed by atoms with Gasteiger partial charge >= 0.3 is 0 Å². The Labute approximate surface area is 128 Å². The van der Waals surface area contributed by atoms with Gasteiger partial charge in [0.2, 0.25) is 0 Å². The van der Waals surface area contributed by atoms with E-state index in [1.807, 2.05) is 0 Å². The Hall–Kier alpha value is -1.35. The summed E-state index contributed by atoms with van der Waals surface area (Å²) in [6, 6.07) is 6.82. The van der Waals surface area contributed by atoms with Crippen molar-refractivity contribution in [2.75, 3.05) is 13.1 Å². The maximum Gasteiger partial charge on any atom is 0.251 e. The van der Waals surface area contributed by atoms with E-state index in [2.05, 4.69) is 49.6 Å². The van der Waals surface area contributed by atoms with E-state index < -0.39 is 0 Å². The number of carbonyl (C=O) groups excluding carboxylic acids is 1. The molecule has 1 aromatic rings. The minimum atomic E-state index is 0.0872. The molecule has 3 nitrogen and oxygen atoms in total. The molecule has 3 heteroatoms. The summed E-state index contributed by atoms with van der Waals surface area (Å²) in [6.45, 7) is 8.37. The van der Waals surface area contributed by atoms with Crippen LogP contribution in [0.2, 0.25) is 0 Å². The molecular weight excluding hydrogens is 260 g/mol. The zero-order chi connectivity index (χ0) is 15.2. The van der Waals surface area contributed by atoms with Crippen molar-refractivity contribution in [3.05, 3.63) is 34.9 Å². The minimum Gasteiger partial charge on any atom is -0.352 e. The highest BCUT2D eigenvalue weighted by molar-refractivity contribution is 5.96. The smallest absolute Gasteiger partial charge is 0.251 e. The van der Waals surface area contributed by atoms with Crippen LogP contribution in [0.1, 0.15) is 67.6 Å². The molecule has 1 aromatic carbocycles. The number of nitrogens with one attached hydrogen (secondary N) is 2. The lowest BCUT2D eigenvalue weighted by Gasteiger charge is -2.27. The van der Waals surface area contributed by atoms with Crippen molar-refractivity contribution in [3.8, 4) is 0 Å². The zero-order valence-electron chi connectivity index (χ0n) is 13.5. The van der Waals surface area contributed by atoms with Crippen molar-refractivity contribution < 1.29 is 4.79 Å². The van der Waals surface area contributed by atoms with Crippen LogP contribution < -0.4 is 10.6 Å². The summed E-state index contributed by atoms with van der Waals surface area (Å²) in [5.74, 6) is 0.695. The third-order valence-corrected chi connectivity index (χ3v) is 4.59. The van der Waals surface area contributed by atoms with Gasteiger partial charge in [0.1, 0.15) is 0 Å². The van der Waals surface area contributed by atoms with Gasteiger partial charge in [0, 0.05) is 18.2 Å². The SMILES string of the molecule is CCNC(c1ccc2c(c1)C(=O)NCCC2)C(CC)CC. The molecule has 0 radical (unpaired) electrons. The third-order valence-electron chi connectivity index (χ3n) is 4.59. The lowest BCUT2D eigenvalue weighted by molar-refractivity contribution is 0.0956. The van der Waals surface area contributed by atoms with Crippen molar-refractivity contribution in [2.45, 2.75) is 52.5 Å². The van der Waals surface area contributed by atoms with Crippen LogP contribution in [0.25, 0.3) is 0 Å². The van der Waals surface area contributed by atoms with E-state index in [9.17, 15) is 4.79 Å². The summed E-state index contributed by atoms with van der Waals surface area (Å²) >= 11 is 0. The van der Waals surface area contributed by atoms with Crippen molar-refractivity contribution in [2.24, 2.45) is 5.92 Å². The van der Waals surface area contributed by atoms with Gasteiger partial charge in [-0.25, -0.2) is 0 Å². The summed E-state index contributed by atoms with van der Waals surface area (Å²) in [4.78, 5) is 12.2. The number of rotatable bonds is 6. The Morgan fingerprint density at radius 3 is 2.67 bits per heavy atom. The number of hydrogen-bond acceptors (Lipinski definition) is 2. The molecule has 21 heavy (non-hydrogen) atoms. The molecular formula is C18H28N2O. The Kier molecular flexibility index (Phi) is 5.80. The summed E-state index contributed by atoms with van der Waals surface area (Å²) < 4.78 is 0. The van der Waals surface area contributed by atoms with Gasteiger partial charge in [0.25, 0.3) is 5.91 Å². The quantitative estimate of drug-likeness (QED) is 0.842. The minimum absolute atomic E-state index is 0.0872. The van der Waals surface area contributed by atoms with Crippen LogP contribution in [0, 0.1) is 5.92 Å². The molecule has 1 aliphatic heterocycles. The van der Waals surface area contributed by atoms with Gasteiger partial charge < -0.3 is 10.6 Å². The van der Waals surface area contributed by atoms with Gasteiger partial charge in [0.15, 0.2) is 0 Å². The molecule has 1 aliphatic rings. The number of amides is 1. The summed E-state index contributed by atoms with van der Waals surface area (Å²) in [5, 5.41) is 6.60. The molecule has 2 N–H and O–H groups in total. The first-order valence-corrected chi connectivity index (χ1v) is 8.35. The molecule has 0 saturated heterocycles. The maximum atomic E-state index is 12.2. The number of fused-ring (bicyclic) bond motifs is 1. The molecule has 0 saturated carbocycles. The highest BCUT2D eigenvalue weighted by atomic mass is 16.1. The number of aryl methyl sites for hydroxylation is 1. The molecule has 0 aromatic heterocycles. The van der Waals surface area contributed by atoms with Crippen molar-refractivity contribution in [1.29, 1.82) is 0 Å². The predicted octanol–water partition coefficient (Wildman–Crippen LogP) is 3.45. The van der Waals surface area contributed by atoms with E-state index in [1.54, 1.807) is 0 Å². The van der Waals surface area contributed by atoms with Gasteiger partial charge in [0.05, 0.1) is 0 Å². The molecule has 1 unspecified atom stereocenters. The molecule has 2 rings (SSSR count). The normalized spacial score (nSPS) is 16.3. The standard InChI is InChI=1S/C18H28N2O/c1-4-13(5-2)17(19-6-3)15-10-9-14-8-7-11-20-18(21)16(14)12-15/h9-10,12-13,17,19H,4-8,11H2,1-3H3,(H,20,21). The summed E-state index contributed by atoms with van der Waals surface area (Å²) in [6.07, 6.45) is 4.32. The van der Waals surface area contributed by atoms with Gasteiger partial charge in [-0.1, -0.05) is 45.7 Å². The zero-order valence-corrected chi connectivity index (χ0v) is 13.5. The first-order chi connectivity index (χ1) is 10.2. The lowest BCUT2D eigenvalue weighted by atomic mass is 9.87. The van der Waals surface area contributed by atoms with Crippen molar-refractivity contribution in [1.82, 2.24) is 10.6 Å². The molecule has 1 amide bonds. The Morgan fingerprint density at radius 1 is 1.24 bits per heavy atom. The van der Waals surface area contributed by atoms with E-state index in [0.29, 0.717) is 12.0 Å². The number of benzene rings is 1. The fourth-order valence-corrected chi connectivity index (χ4v) is 3.33. The second kappa shape index (κ2) is 7.60. The van der Waals surface area contributed by atoms with Gasteiger partial charge in [-0.15, -0.1) is 0 Å². The number of carbonyl (C=O) groups is 1. The second-order valence-electron chi connectivity index (χ2n) is 5.89. The largest absolute Gasteiger partial charge is 0.352 e. The first-order valence-electron chi connectivity index (χ1n) is 8.35. The Bertz CT molecular complexity index is 480. The van der Waals surface area contributed by atoms with Crippen LogP contribution >= 0.6 is 0 Å². The fourth-order valence-electron chi connectivity index (χ4n) is 3.33. The van der Waals surface area contributed by atoms with Crippen LogP contribution in [-0.4, -0.2) is 19.0 Å². The Morgan fingerprint density at radius 2 is 2.00 bits per heavy atom. The number of hydrogen-bond donors (Lipinski definition) is 2. The summed E-state index contributed by atoms with van der Waals surface area (Å²) in [7, 11) is 0. The fraction of sp³-hybridized carbons (Fsp3) is 0.611. The van der Waals surface area contributed by atoms with Crippen molar-refractivity contribution >= 4 is 5.91 Å². The topological polar surface area (TPSA) is 41.1 Å². The van der Waals surface area contributed by atoms with E-state index in [1.165, 1.54) is 11.1 Å². The maximum absolute atomic E-state index is 12.2. The molecule has 0 spiro atoms. The van der Waals surface area contributed by atoms with E-state index in [4.69, 9.17) is 0 Å². The predicted molar refractivity (Wildman–Crippen MR) is 87.6 cm³/mol. The molecule has 0 fully saturated rings. The molecule has 116 valence electrons. The third kappa shape index (κ3) is 3.65. The van der Waals surface area contributed by atoms with Crippen LogP contribution in [0.3, 0.4) is 0 Å². The van der Waals surface area contributed by atoms with Crippen LogP contribution in [0.15, 0.2) is 18.2 Å². The van der Waals surface area contributed by atoms with Gasteiger partial charge in [-0.2, -0.15) is 0 Å². The van der Waals surface area contributed by atoms with Gasteiger partial charge in [-0.05, 0) is 42.5 Å². The van der Waals surface area contributed by atoms with Crippen LogP contribution in [-0.2, 0) is 6.42 Å². The van der Waals surface area contributed by atoms with E-state index in [0.717, 1.165) is 44.3 Å². The highest BCUT2D eigenvalue weighted by Crippen LogP contribution is 2.29. The molecule has 0 aliphatic carbocycles. The first kappa shape index (κ1) is 16.0. The average Bonchev–Trinajstić information content (AvgIpc) is 2.69. The van der Waals surface area contributed by atoms with Crippen LogP contribution in [0.4, 0.5) is 0 Å². The lowest BCUT2D eigenvalue weighted by Crippen LogP contribution is -2.28. The monoisotopic (exact) mass is 288 g/mol. The molecule has 1 heterocycles. The van der Waals surface area contributed by atoms with E-state index in [-0.39, 0.29) is 5.91 Å². The summed E-state index contributed by atoms with van der Waals surface area (Å²) in [5.41, 5.74) is 3.31. The van der Waals surface area contributed by atoms with Crippen molar-refractivity contribution in [3.63, 3.8) is 0 Å². The molecule has 1 atom stereocenters. The average molecular weight is 288 g/mol. The van der Waals surface area contributed by atoms with Crippen LogP contribution in [0.5, 0.6) is 0 Å². The van der Waals surface area contributed by atoms with Gasteiger partial charge in [-0.3, -0.25) is 4.79 Å². The molecule has 0 bridgehead atoms. The highest BCUT2D eigenvalue weighted by Gasteiger charge is 2.22. The second-order valence-corrected chi connectivity index (χ2v) is 5.89. The Balaban J connectivity index is 2.35. The van der Waals surface area contributed by atoms with E-state index >= 15 is 0 Å².